The Morgan fingerprint density at radius 3 is 2.09 bits per heavy atom. The van der Waals surface area contributed by atoms with Crippen LogP contribution in [0.3, 0.4) is 0 Å². The van der Waals surface area contributed by atoms with E-state index in [1.54, 1.807) is 11.8 Å². The maximum absolute atomic E-state index is 12.7. The molecule has 1 saturated heterocycles. The fraction of sp³-hybridized carbons (Fsp3) is 0.444. The van der Waals surface area contributed by atoms with Gasteiger partial charge in [0.05, 0.1) is 5.41 Å². The Labute approximate surface area is 199 Å². The summed E-state index contributed by atoms with van der Waals surface area (Å²) in [6.45, 7) is 2.51. The third-order valence-corrected chi connectivity index (χ3v) is 7.65. The SMILES string of the molecule is CC1(C(=O)O)CN(C(=O)C2CCC(NC(=O)OCC3c4ccccc4-c4ccccc43)CC2)C1. The lowest BCUT2D eigenvalue weighted by Gasteiger charge is -2.46. The first-order valence-corrected chi connectivity index (χ1v) is 12.0. The standard InChI is InChI=1S/C27H30N2O5/c1-27(25(31)32)15-29(16-27)24(30)17-10-12-18(13-11-17)28-26(33)34-14-23-21-8-4-2-6-19(21)20-7-3-5-9-22(20)23/h2-9,17-18,23H,10-16H2,1H3,(H,28,33)(H,31,32). The fourth-order valence-electron chi connectivity index (χ4n) is 5.64. The summed E-state index contributed by atoms with van der Waals surface area (Å²) in [6.07, 6.45) is 2.38. The summed E-state index contributed by atoms with van der Waals surface area (Å²) in [7, 11) is 0. The third kappa shape index (κ3) is 4.04. The summed E-state index contributed by atoms with van der Waals surface area (Å²) < 4.78 is 5.65. The largest absolute Gasteiger partial charge is 0.481 e. The fourth-order valence-corrected chi connectivity index (χ4v) is 5.64. The molecule has 2 aromatic rings. The van der Waals surface area contributed by atoms with Crippen LogP contribution < -0.4 is 5.32 Å². The van der Waals surface area contributed by atoms with Gasteiger partial charge >= 0.3 is 12.1 Å². The Morgan fingerprint density at radius 2 is 1.53 bits per heavy atom. The van der Waals surface area contributed by atoms with Crippen molar-refractivity contribution in [1.82, 2.24) is 10.2 Å². The number of hydrogen-bond donors (Lipinski definition) is 2. The zero-order valence-corrected chi connectivity index (χ0v) is 19.3. The number of rotatable bonds is 5. The molecule has 0 unspecified atom stereocenters. The number of likely N-dealkylation sites (tertiary alicyclic amines) is 1. The van der Waals surface area contributed by atoms with Crippen LogP contribution in [0.1, 0.15) is 49.7 Å². The van der Waals surface area contributed by atoms with Crippen molar-refractivity contribution in [3.05, 3.63) is 59.7 Å². The molecule has 0 spiro atoms. The molecule has 178 valence electrons. The van der Waals surface area contributed by atoms with Crippen LogP contribution in [-0.2, 0) is 14.3 Å². The lowest BCUT2D eigenvalue weighted by Crippen LogP contribution is -2.62. The molecule has 0 radical (unpaired) electrons. The number of carboxylic acids is 1. The zero-order chi connectivity index (χ0) is 23.9. The molecule has 1 aliphatic heterocycles. The molecule has 2 fully saturated rings. The number of fused-ring (bicyclic) bond motifs is 3. The number of nitrogens with one attached hydrogen (secondary N) is 1. The molecule has 1 saturated carbocycles. The Morgan fingerprint density at radius 1 is 0.971 bits per heavy atom. The molecule has 2 aliphatic carbocycles. The first kappa shape index (κ1) is 22.4. The zero-order valence-electron chi connectivity index (χ0n) is 19.3. The predicted molar refractivity (Wildman–Crippen MR) is 126 cm³/mol. The number of alkyl carbamates (subject to hydrolysis) is 1. The summed E-state index contributed by atoms with van der Waals surface area (Å²) >= 11 is 0. The van der Waals surface area contributed by atoms with E-state index in [9.17, 15) is 19.5 Å². The summed E-state index contributed by atoms with van der Waals surface area (Å²) in [6, 6.07) is 16.5. The minimum atomic E-state index is -0.854. The quantitative estimate of drug-likeness (QED) is 0.700. The Balaban J connectivity index is 1.10. The van der Waals surface area contributed by atoms with Crippen LogP contribution in [0.5, 0.6) is 0 Å². The highest BCUT2D eigenvalue weighted by Gasteiger charge is 2.48. The molecule has 2 N–H and O–H groups in total. The number of carboxylic acid groups (broad SMARTS) is 1. The van der Waals surface area contributed by atoms with E-state index in [-0.39, 0.29) is 43.5 Å². The van der Waals surface area contributed by atoms with Crippen molar-refractivity contribution < 1.29 is 24.2 Å². The van der Waals surface area contributed by atoms with E-state index in [2.05, 4.69) is 29.6 Å². The van der Waals surface area contributed by atoms with E-state index in [1.807, 2.05) is 24.3 Å². The van der Waals surface area contributed by atoms with Gasteiger partial charge in [-0.15, -0.1) is 0 Å². The summed E-state index contributed by atoms with van der Waals surface area (Å²) in [4.78, 5) is 38.1. The topological polar surface area (TPSA) is 95.9 Å². The molecular weight excluding hydrogens is 432 g/mol. The van der Waals surface area contributed by atoms with Crippen molar-refractivity contribution >= 4 is 18.0 Å². The summed E-state index contributed by atoms with van der Waals surface area (Å²) in [5.41, 5.74) is 3.93. The van der Waals surface area contributed by atoms with Gasteiger partial charge < -0.3 is 20.1 Å². The first-order valence-electron chi connectivity index (χ1n) is 12.0. The summed E-state index contributed by atoms with van der Waals surface area (Å²) in [5, 5.41) is 12.2. The molecule has 1 heterocycles. The van der Waals surface area contributed by atoms with Crippen molar-refractivity contribution in [2.45, 2.75) is 44.6 Å². The maximum Gasteiger partial charge on any atom is 0.407 e. The molecule has 2 aromatic carbocycles. The molecule has 5 rings (SSSR count). The average molecular weight is 463 g/mol. The molecular formula is C27H30N2O5. The van der Waals surface area contributed by atoms with Gasteiger partial charge in [0.25, 0.3) is 0 Å². The lowest BCUT2D eigenvalue weighted by molar-refractivity contribution is -0.166. The number of amides is 2. The van der Waals surface area contributed by atoms with E-state index in [0.717, 1.165) is 0 Å². The van der Waals surface area contributed by atoms with Crippen molar-refractivity contribution in [3.63, 3.8) is 0 Å². The van der Waals surface area contributed by atoms with Crippen molar-refractivity contribution in [1.29, 1.82) is 0 Å². The first-order chi connectivity index (χ1) is 16.4. The third-order valence-electron chi connectivity index (χ3n) is 7.65. The smallest absolute Gasteiger partial charge is 0.407 e. The number of benzene rings is 2. The van der Waals surface area contributed by atoms with Gasteiger partial charge in [0.2, 0.25) is 5.91 Å². The molecule has 2 amide bonds. The molecule has 7 nitrogen and oxygen atoms in total. The van der Waals surface area contributed by atoms with E-state index in [1.165, 1.54) is 22.3 Å². The molecule has 0 aromatic heterocycles. The molecule has 3 aliphatic rings. The monoisotopic (exact) mass is 462 g/mol. The Hall–Kier alpha value is -3.35. The van der Waals surface area contributed by atoms with Crippen molar-refractivity contribution in [2.75, 3.05) is 19.7 Å². The van der Waals surface area contributed by atoms with Crippen LogP contribution >= 0.6 is 0 Å². The van der Waals surface area contributed by atoms with E-state index in [0.29, 0.717) is 25.7 Å². The normalized spacial score (nSPS) is 22.8. The second-order valence-electron chi connectivity index (χ2n) is 10.1. The number of aliphatic carboxylic acids is 1. The van der Waals surface area contributed by atoms with Gasteiger partial charge in [-0.05, 0) is 54.9 Å². The van der Waals surface area contributed by atoms with E-state index >= 15 is 0 Å². The van der Waals surface area contributed by atoms with Crippen LogP contribution in [-0.4, -0.2) is 53.7 Å². The van der Waals surface area contributed by atoms with Crippen LogP contribution in [0.25, 0.3) is 11.1 Å². The van der Waals surface area contributed by atoms with Gasteiger partial charge in [0, 0.05) is 31.0 Å². The van der Waals surface area contributed by atoms with Gasteiger partial charge in [-0.25, -0.2) is 4.79 Å². The molecule has 34 heavy (non-hydrogen) atoms. The number of ether oxygens (including phenoxy) is 1. The lowest BCUT2D eigenvalue weighted by atomic mass is 9.79. The molecule has 0 atom stereocenters. The highest BCUT2D eigenvalue weighted by molar-refractivity contribution is 5.84. The highest BCUT2D eigenvalue weighted by atomic mass is 16.5. The van der Waals surface area contributed by atoms with Crippen molar-refractivity contribution in [2.24, 2.45) is 11.3 Å². The molecule has 0 bridgehead atoms. The summed E-state index contributed by atoms with van der Waals surface area (Å²) in [5.74, 6) is -0.885. The number of carbonyl (C=O) groups excluding carboxylic acids is 2. The molecule has 7 heteroatoms. The minimum Gasteiger partial charge on any atom is -0.481 e. The minimum absolute atomic E-state index is 0.0135. The Bertz CT molecular complexity index is 1070. The number of hydrogen-bond acceptors (Lipinski definition) is 4. The van der Waals surface area contributed by atoms with Crippen LogP contribution in [0.15, 0.2) is 48.5 Å². The van der Waals surface area contributed by atoms with Gasteiger partial charge in [-0.1, -0.05) is 48.5 Å². The number of carbonyl (C=O) groups is 3. The predicted octanol–water partition coefficient (Wildman–Crippen LogP) is 4.02. The van der Waals surface area contributed by atoms with Gasteiger partial charge in [-0.2, -0.15) is 0 Å². The maximum atomic E-state index is 12.7. The average Bonchev–Trinajstić information content (AvgIpc) is 3.14. The highest BCUT2D eigenvalue weighted by Crippen LogP contribution is 2.44. The van der Waals surface area contributed by atoms with E-state index in [4.69, 9.17) is 4.74 Å². The van der Waals surface area contributed by atoms with Crippen LogP contribution in [0.4, 0.5) is 4.79 Å². The van der Waals surface area contributed by atoms with Gasteiger partial charge in [0.1, 0.15) is 6.61 Å². The van der Waals surface area contributed by atoms with Gasteiger partial charge in [-0.3, -0.25) is 9.59 Å². The van der Waals surface area contributed by atoms with Crippen LogP contribution in [0, 0.1) is 11.3 Å². The second kappa shape index (κ2) is 8.78. The number of nitrogens with zero attached hydrogens (tertiary/aromatic N) is 1. The van der Waals surface area contributed by atoms with E-state index < -0.39 is 17.5 Å². The van der Waals surface area contributed by atoms with Crippen LogP contribution in [0.2, 0.25) is 0 Å². The second-order valence-corrected chi connectivity index (χ2v) is 10.1. The Kier molecular flexibility index (Phi) is 5.80. The van der Waals surface area contributed by atoms with Crippen molar-refractivity contribution in [3.8, 4) is 11.1 Å². The van der Waals surface area contributed by atoms with Gasteiger partial charge in [0.15, 0.2) is 0 Å².